The zero-order valence-corrected chi connectivity index (χ0v) is 41.3. The first-order valence-electron chi connectivity index (χ1n) is 24.2. The third-order valence-corrected chi connectivity index (χ3v) is 14.2. The number of amides is 4. The summed E-state index contributed by atoms with van der Waals surface area (Å²) in [4.78, 5) is 77.8. The lowest BCUT2D eigenvalue weighted by molar-refractivity contribution is -0.155. The number of phenols is 1. The summed E-state index contributed by atoms with van der Waals surface area (Å²) in [5.41, 5.74) is 9.47. The van der Waals surface area contributed by atoms with Gasteiger partial charge in [0.15, 0.2) is 0 Å². The number of fused-ring (bicyclic) bond motifs is 6. The summed E-state index contributed by atoms with van der Waals surface area (Å²) >= 11 is 0. The highest BCUT2D eigenvalue weighted by molar-refractivity contribution is 5.96. The molecule has 6 heterocycles. The molecule has 6 bridgehead atoms. The van der Waals surface area contributed by atoms with Gasteiger partial charge in [0.05, 0.1) is 43.9 Å². The molecule has 69 heavy (non-hydrogen) atoms. The maximum Gasteiger partial charge on any atom is 0.324 e. The third-order valence-electron chi connectivity index (χ3n) is 14.2. The first-order chi connectivity index (χ1) is 32.9. The summed E-state index contributed by atoms with van der Waals surface area (Å²) < 4.78 is 19.5. The van der Waals surface area contributed by atoms with Crippen molar-refractivity contribution in [2.75, 3.05) is 54.1 Å². The van der Waals surface area contributed by atoms with Crippen LogP contribution in [0.2, 0.25) is 0 Å². The molecule has 4 N–H and O–H groups in total. The van der Waals surface area contributed by atoms with Gasteiger partial charge in [-0.25, -0.2) is 5.43 Å². The van der Waals surface area contributed by atoms with E-state index in [0.29, 0.717) is 50.1 Å². The number of pyridine rings is 1. The van der Waals surface area contributed by atoms with E-state index in [2.05, 4.69) is 59.6 Å². The van der Waals surface area contributed by atoms with Crippen LogP contribution in [0.15, 0.2) is 54.7 Å². The molecule has 370 valence electrons. The van der Waals surface area contributed by atoms with Crippen LogP contribution in [0, 0.1) is 17.3 Å². The van der Waals surface area contributed by atoms with Crippen molar-refractivity contribution in [3.8, 4) is 28.1 Å². The lowest BCUT2D eigenvalue weighted by atomic mass is 9.84. The zero-order valence-electron chi connectivity index (χ0n) is 41.3. The van der Waals surface area contributed by atoms with Crippen LogP contribution in [0.3, 0.4) is 0 Å². The maximum atomic E-state index is 14.8. The summed E-state index contributed by atoms with van der Waals surface area (Å²) in [5.74, 6) is -2.32. The van der Waals surface area contributed by atoms with Crippen molar-refractivity contribution in [2.45, 2.75) is 110 Å². The largest absolute Gasteiger partial charge is 0.508 e. The van der Waals surface area contributed by atoms with Crippen LogP contribution in [0.5, 0.6) is 5.75 Å². The number of hydrogen-bond donors (Lipinski definition) is 4. The number of benzene rings is 2. The van der Waals surface area contributed by atoms with Crippen LogP contribution in [-0.2, 0) is 57.6 Å². The Bertz CT molecular complexity index is 2610. The van der Waals surface area contributed by atoms with E-state index in [9.17, 15) is 29.1 Å². The Balaban J connectivity index is 1.15. The van der Waals surface area contributed by atoms with Gasteiger partial charge in [-0.2, -0.15) is 0 Å². The Morgan fingerprint density at radius 3 is 2.52 bits per heavy atom. The average molecular weight is 949 g/mol. The van der Waals surface area contributed by atoms with Crippen molar-refractivity contribution >= 4 is 40.5 Å². The number of ether oxygens (including phenoxy) is 3. The topological polar surface area (TPSA) is 207 Å². The summed E-state index contributed by atoms with van der Waals surface area (Å²) in [6.45, 7) is 13.8. The Morgan fingerprint density at radius 2 is 1.83 bits per heavy atom. The fraction of sp³-hybridized carbons (Fsp3) is 0.538. The van der Waals surface area contributed by atoms with Crippen molar-refractivity contribution < 1.29 is 43.3 Å². The first kappa shape index (κ1) is 49.5. The van der Waals surface area contributed by atoms with E-state index < -0.39 is 47.2 Å². The van der Waals surface area contributed by atoms with Crippen molar-refractivity contribution in [1.82, 2.24) is 40.4 Å². The Labute approximate surface area is 404 Å². The number of esters is 1. The third kappa shape index (κ3) is 10.4. The van der Waals surface area contributed by atoms with E-state index in [-0.39, 0.29) is 67.8 Å². The maximum absolute atomic E-state index is 14.8. The number of phenolic OH excluding ortho intramolecular Hbond substituents is 1. The number of methoxy groups -OCH3 is 1. The smallest absolute Gasteiger partial charge is 0.324 e. The van der Waals surface area contributed by atoms with Gasteiger partial charge in [-0.15, -0.1) is 0 Å². The average Bonchev–Trinajstić information content (AvgIpc) is 4.02. The normalized spacial score (nSPS) is 22.6. The van der Waals surface area contributed by atoms with E-state index in [1.165, 1.54) is 21.9 Å². The van der Waals surface area contributed by atoms with Crippen LogP contribution in [-0.4, -0.2) is 143 Å². The lowest BCUT2D eigenvalue weighted by Gasteiger charge is -2.37. The number of nitrogens with one attached hydrogen (secondary N) is 3. The predicted octanol–water partition coefficient (Wildman–Crippen LogP) is 4.38. The molecule has 0 radical (unpaired) electrons. The second-order valence-corrected chi connectivity index (χ2v) is 20.4. The number of cyclic esters (lactones) is 1. The van der Waals surface area contributed by atoms with E-state index in [1.807, 2.05) is 39.0 Å². The fourth-order valence-corrected chi connectivity index (χ4v) is 10.3. The minimum absolute atomic E-state index is 0.0204. The molecule has 2 aromatic heterocycles. The molecule has 0 saturated carbocycles. The zero-order chi connectivity index (χ0) is 49.5. The molecular weight excluding hydrogens is 881 g/mol. The van der Waals surface area contributed by atoms with Crippen LogP contribution in [0.4, 0.5) is 0 Å². The quantitative estimate of drug-likeness (QED) is 0.115. The molecule has 2 unspecified atom stereocenters. The van der Waals surface area contributed by atoms with Gasteiger partial charge < -0.3 is 39.0 Å². The molecule has 3 saturated heterocycles. The second kappa shape index (κ2) is 20.2. The monoisotopic (exact) mass is 949 g/mol. The number of carbonyl (C=O) groups is 5. The molecule has 4 aliphatic heterocycles. The molecular formula is C52H68N8O9. The summed E-state index contributed by atoms with van der Waals surface area (Å²) in [7, 11) is 4.77. The predicted molar refractivity (Wildman–Crippen MR) is 259 cm³/mol. The van der Waals surface area contributed by atoms with E-state index in [4.69, 9.17) is 19.2 Å². The molecule has 3 fully saturated rings. The molecule has 4 aliphatic rings. The molecule has 8 rings (SSSR count). The molecule has 0 aliphatic carbocycles. The van der Waals surface area contributed by atoms with Crippen LogP contribution < -0.4 is 16.1 Å². The Kier molecular flexibility index (Phi) is 14.5. The minimum atomic E-state index is -1.19. The van der Waals surface area contributed by atoms with Gasteiger partial charge >= 0.3 is 5.97 Å². The van der Waals surface area contributed by atoms with Crippen molar-refractivity contribution in [3.63, 3.8) is 0 Å². The Hall–Kier alpha value is -5.88. The van der Waals surface area contributed by atoms with Gasteiger partial charge in [0.25, 0.3) is 5.91 Å². The highest BCUT2D eigenvalue weighted by Crippen LogP contribution is 2.42. The number of aromatic nitrogens is 2. The second-order valence-electron chi connectivity index (χ2n) is 20.4. The van der Waals surface area contributed by atoms with E-state index in [1.54, 1.807) is 32.5 Å². The van der Waals surface area contributed by atoms with Gasteiger partial charge in [-0.05, 0) is 97.7 Å². The van der Waals surface area contributed by atoms with Crippen molar-refractivity contribution in [1.29, 1.82) is 0 Å². The summed E-state index contributed by atoms with van der Waals surface area (Å²) in [6, 6.07) is 12.0. The van der Waals surface area contributed by atoms with Gasteiger partial charge in [-0.3, -0.25) is 39.3 Å². The number of aryl methyl sites for hydroxylation is 1. The highest BCUT2D eigenvalue weighted by atomic mass is 16.5. The number of nitrogens with zero attached hydrogens (tertiary/aromatic N) is 5. The molecule has 6 atom stereocenters. The summed E-state index contributed by atoms with van der Waals surface area (Å²) in [6.07, 6.45) is 2.92. The number of rotatable bonds is 12. The standard InChI is InChI=1S/C52H68N8O9/c1-10-59-41-16-15-32-23-37(41)38(47(59)36-13-11-17-53-43(36)30(4)67-9)24-52(5,6)28-69-51(66)39-14-12-18-60(56-39)49(64)40(21-31-19-33(32)22-35(61)20-31)54-48(63)46(29(2)3)58(8)42(62)25-57(7)50(65)45-44(55-45)34-26-68-27-34/h11,13,15-17,19-20,22-23,29-30,34,39-40,44-46,55-56,61H,10,12,14,18,21,24-28H2,1-9H3,(H,54,63)/t30-,39-,40-,44?,45+,46?/m0/s1. The van der Waals surface area contributed by atoms with Gasteiger partial charge in [0.1, 0.15) is 29.9 Å². The van der Waals surface area contributed by atoms with Gasteiger partial charge in [0, 0.05) is 80.8 Å². The Morgan fingerprint density at radius 1 is 1.06 bits per heavy atom. The minimum Gasteiger partial charge on any atom is -0.508 e. The van der Waals surface area contributed by atoms with Crippen LogP contribution >= 0.6 is 0 Å². The molecule has 4 amide bonds. The number of likely N-dealkylation sites (N-methyl/N-ethyl adjacent to an activating group) is 2. The lowest BCUT2D eigenvalue weighted by Crippen LogP contribution is -2.62. The number of hydrazine groups is 1. The van der Waals surface area contributed by atoms with Gasteiger partial charge in [0.2, 0.25) is 17.7 Å². The fourth-order valence-electron chi connectivity index (χ4n) is 10.3. The molecule has 0 spiro atoms. The molecule has 17 nitrogen and oxygen atoms in total. The number of hydrogen-bond acceptors (Lipinski definition) is 12. The van der Waals surface area contributed by atoms with Crippen molar-refractivity contribution in [2.24, 2.45) is 17.3 Å². The SMILES string of the molecule is CCn1c(-c2cccnc2[C@H](C)OC)c2c3cc(ccc31)-c1cc(O)cc(c1)C[C@H](NC(=O)C(C(C)C)N(C)C(=O)CN(C)C(=O)[C@@H]1NC1C1COC1)C(=O)N1CCC[C@H](N1)C(=O)OCC(C)(C)C2. The van der Waals surface area contributed by atoms with Gasteiger partial charge in [-0.1, -0.05) is 39.8 Å². The summed E-state index contributed by atoms with van der Waals surface area (Å²) in [5, 5.41) is 19.9. The first-order valence-corrected chi connectivity index (χ1v) is 24.2. The van der Waals surface area contributed by atoms with Crippen molar-refractivity contribution in [3.05, 3.63) is 71.5 Å². The van der Waals surface area contributed by atoms with E-state index >= 15 is 0 Å². The molecule has 17 heteroatoms. The number of aromatic hydroxyl groups is 1. The van der Waals surface area contributed by atoms with Crippen LogP contribution in [0.25, 0.3) is 33.3 Å². The highest BCUT2D eigenvalue weighted by Gasteiger charge is 2.50. The van der Waals surface area contributed by atoms with Crippen LogP contribution in [0.1, 0.15) is 77.3 Å². The number of carbonyl (C=O) groups excluding carboxylic acids is 5. The molecule has 2 aromatic carbocycles. The molecule has 4 aromatic rings. The van der Waals surface area contributed by atoms with E-state index in [0.717, 1.165) is 39.0 Å².